The summed E-state index contributed by atoms with van der Waals surface area (Å²) in [4.78, 5) is 27.8. The van der Waals surface area contributed by atoms with E-state index in [-0.39, 0.29) is 11.7 Å². The first kappa shape index (κ1) is 16.6. The standard InChI is InChI=1S/C19H20N2O2/c1-3-18(23)21-19-16(14(2)22)12-13-20-17(19)11-7-10-15-8-5-4-6-9-15/h3-6,8-9,12-13H,1,7,10-11H2,2H3,(H,21,23). The highest BCUT2D eigenvalue weighted by atomic mass is 16.1. The number of carbonyl (C=O) groups excluding carboxylic acids is 2. The van der Waals surface area contributed by atoms with E-state index in [1.54, 1.807) is 12.3 Å². The number of amides is 1. The van der Waals surface area contributed by atoms with E-state index >= 15 is 0 Å². The molecule has 0 aliphatic heterocycles. The van der Waals surface area contributed by atoms with E-state index in [9.17, 15) is 9.59 Å². The van der Waals surface area contributed by atoms with Gasteiger partial charge in [-0.15, -0.1) is 0 Å². The Hall–Kier alpha value is -2.75. The van der Waals surface area contributed by atoms with E-state index in [2.05, 4.69) is 29.0 Å². The summed E-state index contributed by atoms with van der Waals surface area (Å²) in [6.07, 6.45) is 5.28. The Balaban J connectivity index is 2.16. The van der Waals surface area contributed by atoms with Crippen LogP contribution in [0.2, 0.25) is 0 Å². The minimum Gasteiger partial charge on any atom is -0.320 e. The number of pyridine rings is 1. The molecule has 0 radical (unpaired) electrons. The maximum Gasteiger partial charge on any atom is 0.247 e. The monoisotopic (exact) mass is 308 g/mol. The average molecular weight is 308 g/mol. The number of aromatic nitrogens is 1. The van der Waals surface area contributed by atoms with Gasteiger partial charge in [0.15, 0.2) is 5.78 Å². The van der Waals surface area contributed by atoms with Crippen molar-refractivity contribution in [2.45, 2.75) is 26.2 Å². The minimum absolute atomic E-state index is 0.101. The van der Waals surface area contributed by atoms with Gasteiger partial charge in [-0.1, -0.05) is 36.9 Å². The van der Waals surface area contributed by atoms with Gasteiger partial charge >= 0.3 is 0 Å². The lowest BCUT2D eigenvalue weighted by molar-refractivity contribution is -0.111. The topological polar surface area (TPSA) is 59.1 Å². The SMILES string of the molecule is C=CC(=O)Nc1c(C(C)=O)ccnc1CCCc1ccccc1. The van der Waals surface area contributed by atoms with E-state index < -0.39 is 0 Å². The molecular weight excluding hydrogens is 288 g/mol. The number of Topliss-reactive ketones (excluding diaryl/α,β-unsaturated/α-hetero) is 1. The molecular formula is C19H20N2O2. The normalized spacial score (nSPS) is 10.1. The molecule has 0 bridgehead atoms. The molecule has 1 aromatic carbocycles. The van der Waals surface area contributed by atoms with Gasteiger partial charge in [-0.05, 0) is 43.9 Å². The lowest BCUT2D eigenvalue weighted by atomic mass is 10.0. The summed E-state index contributed by atoms with van der Waals surface area (Å²) in [5.74, 6) is -0.444. The van der Waals surface area contributed by atoms with Crippen LogP contribution in [0.1, 0.15) is 35.0 Å². The predicted octanol–water partition coefficient (Wildman–Crippen LogP) is 3.58. The largest absolute Gasteiger partial charge is 0.320 e. The molecule has 0 unspecified atom stereocenters. The van der Waals surface area contributed by atoms with Crippen molar-refractivity contribution in [3.8, 4) is 0 Å². The first-order valence-corrected chi connectivity index (χ1v) is 7.58. The van der Waals surface area contributed by atoms with Gasteiger partial charge in [0.2, 0.25) is 5.91 Å². The van der Waals surface area contributed by atoms with Crippen molar-refractivity contribution in [3.05, 3.63) is 72.1 Å². The fourth-order valence-electron chi connectivity index (χ4n) is 2.41. The summed E-state index contributed by atoms with van der Waals surface area (Å²) >= 11 is 0. The maximum atomic E-state index is 11.8. The highest BCUT2D eigenvalue weighted by Gasteiger charge is 2.14. The molecule has 2 aromatic rings. The number of hydrogen-bond acceptors (Lipinski definition) is 3. The molecule has 1 aromatic heterocycles. The number of benzene rings is 1. The molecule has 1 amide bonds. The van der Waals surface area contributed by atoms with Crippen molar-refractivity contribution < 1.29 is 9.59 Å². The number of carbonyl (C=O) groups is 2. The van der Waals surface area contributed by atoms with Gasteiger partial charge < -0.3 is 5.32 Å². The second-order valence-corrected chi connectivity index (χ2v) is 5.27. The summed E-state index contributed by atoms with van der Waals surface area (Å²) in [7, 11) is 0. The summed E-state index contributed by atoms with van der Waals surface area (Å²) in [6, 6.07) is 11.8. The third-order valence-corrected chi connectivity index (χ3v) is 3.56. The third kappa shape index (κ3) is 4.61. The zero-order chi connectivity index (χ0) is 16.7. The second-order valence-electron chi connectivity index (χ2n) is 5.27. The molecule has 0 aliphatic rings. The number of anilines is 1. The van der Waals surface area contributed by atoms with Crippen molar-refractivity contribution in [2.24, 2.45) is 0 Å². The van der Waals surface area contributed by atoms with Gasteiger partial charge in [-0.3, -0.25) is 14.6 Å². The van der Waals surface area contributed by atoms with Crippen LogP contribution in [0.15, 0.2) is 55.3 Å². The smallest absolute Gasteiger partial charge is 0.247 e. The lowest BCUT2D eigenvalue weighted by Crippen LogP contribution is -2.14. The fraction of sp³-hybridized carbons (Fsp3) is 0.211. The highest BCUT2D eigenvalue weighted by Crippen LogP contribution is 2.22. The summed E-state index contributed by atoms with van der Waals surface area (Å²) < 4.78 is 0. The fourth-order valence-corrected chi connectivity index (χ4v) is 2.41. The van der Waals surface area contributed by atoms with Crippen LogP contribution in [-0.2, 0) is 17.6 Å². The molecule has 0 aliphatic carbocycles. The van der Waals surface area contributed by atoms with Crippen LogP contribution in [0.4, 0.5) is 5.69 Å². The highest BCUT2D eigenvalue weighted by molar-refractivity contribution is 6.06. The van der Waals surface area contributed by atoms with Crippen molar-refractivity contribution in [1.29, 1.82) is 0 Å². The summed E-state index contributed by atoms with van der Waals surface area (Å²) in [6.45, 7) is 4.92. The van der Waals surface area contributed by atoms with Crippen LogP contribution < -0.4 is 5.32 Å². The van der Waals surface area contributed by atoms with Crippen LogP contribution in [0, 0.1) is 0 Å². The molecule has 1 heterocycles. The Labute approximate surface area is 136 Å². The van der Waals surface area contributed by atoms with Crippen molar-refractivity contribution in [1.82, 2.24) is 4.98 Å². The van der Waals surface area contributed by atoms with Gasteiger partial charge in [0.1, 0.15) is 0 Å². The van der Waals surface area contributed by atoms with Gasteiger partial charge in [0, 0.05) is 11.8 Å². The summed E-state index contributed by atoms with van der Waals surface area (Å²) in [5, 5.41) is 2.72. The molecule has 2 rings (SSSR count). The lowest BCUT2D eigenvalue weighted by Gasteiger charge is -2.12. The maximum absolute atomic E-state index is 11.8. The molecule has 0 fully saturated rings. The Kier molecular flexibility index (Phi) is 5.80. The molecule has 118 valence electrons. The van der Waals surface area contributed by atoms with E-state index in [1.165, 1.54) is 18.6 Å². The molecule has 0 spiro atoms. The van der Waals surface area contributed by atoms with Crippen LogP contribution in [0.25, 0.3) is 0 Å². The summed E-state index contributed by atoms with van der Waals surface area (Å²) in [5.41, 5.74) is 2.96. The number of ketones is 1. The van der Waals surface area contributed by atoms with Crippen LogP contribution >= 0.6 is 0 Å². The third-order valence-electron chi connectivity index (χ3n) is 3.56. The molecule has 0 saturated heterocycles. The van der Waals surface area contributed by atoms with Crippen LogP contribution in [0.3, 0.4) is 0 Å². The van der Waals surface area contributed by atoms with Gasteiger partial charge in [-0.2, -0.15) is 0 Å². The molecule has 0 atom stereocenters. The molecule has 0 saturated carbocycles. The van der Waals surface area contributed by atoms with Gasteiger partial charge in [0.05, 0.1) is 11.4 Å². The predicted molar refractivity (Wildman–Crippen MR) is 91.5 cm³/mol. The number of rotatable bonds is 7. The minimum atomic E-state index is -0.343. The quantitative estimate of drug-likeness (QED) is 0.628. The average Bonchev–Trinajstić information content (AvgIpc) is 2.56. The Morgan fingerprint density at radius 2 is 1.91 bits per heavy atom. The van der Waals surface area contributed by atoms with E-state index in [4.69, 9.17) is 0 Å². The number of aryl methyl sites for hydroxylation is 2. The number of nitrogens with zero attached hydrogens (tertiary/aromatic N) is 1. The van der Waals surface area contributed by atoms with Gasteiger partial charge in [-0.25, -0.2) is 0 Å². The van der Waals surface area contributed by atoms with E-state index in [0.29, 0.717) is 17.7 Å². The van der Waals surface area contributed by atoms with E-state index in [1.807, 2.05) is 18.2 Å². The van der Waals surface area contributed by atoms with Crippen LogP contribution in [0.5, 0.6) is 0 Å². The Morgan fingerprint density at radius 3 is 2.57 bits per heavy atom. The van der Waals surface area contributed by atoms with Crippen molar-refractivity contribution in [2.75, 3.05) is 5.32 Å². The zero-order valence-electron chi connectivity index (χ0n) is 13.2. The van der Waals surface area contributed by atoms with Crippen molar-refractivity contribution in [3.63, 3.8) is 0 Å². The Bertz CT molecular complexity index is 709. The van der Waals surface area contributed by atoms with E-state index in [0.717, 1.165) is 18.5 Å². The first-order valence-electron chi connectivity index (χ1n) is 7.58. The second kappa shape index (κ2) is 8.03. The van der Waals surface area contributed by atoms with Crippen molar-refractivity contribution >= 4 is 17.4 Å². The number of nitrogens with one attached hydrogen (secondary N) is 1. The molecule has 1 N–H and O–H groups in total. The Morgan fingerprint density at radius 1 is 1.17 bits per heavy atom. The molecule has 23 heavy (non-hydrogen) atoms. The molecule has 4 nitrogen and oxygen atoms in total. The zero-order valence-corrected chi connectivity index (χ0v) is 13.2. The number of hydrogen-bond donors (Lipinski definition) is 1. The van der Waals surface area contributed by atoms with Gasteiger partial charge in [0.25, 0.3) is 0 Å². The molecule has 4 heteroatoms. The van der Waals surface area contributed by atoms with Crippen LogP contribution in [-0.4, -0.2) is 16.7 Å². The first-order chi connectivity index (χ1) is 11.1.